The molecule has 0 amide bonds. The number of hydrogen-bond acceptors (Lipinski definition) is 0. The highest BCUT2D eigenvalue weighted by molar-refractivity contribution is 5.19. The van der Waals surface area contributed by atoms with Gasteiger partial charge >= 0.3 is 0 Å². The van der Waals surface area contributed by atoms with Crippen LogP contribution >= 0.6 is 0 Å². The molecule has 0 radical (unpaired) electrons. The fraction of sp³-hybridized carbons (Fsp3) is 0.250. The molecule has 0 fully saturated rings. The van der Waals surface area contributed by atoms with E-state index in [0.29, 0.717) is 24.0 Å². The second-order valence-corrected chi connectivity index (χ2v) is 6.10. The largest absolute Gasteiger partial charge is 0.207 e. The standard InChI is InChI=1S/2C8H8F2.C8H9F/c1-2-6-3-4-7(9)5-8(6)10;1-2-6-4-3-5-7(9)8(6)10;1-2-7-5-3-4-6-8(7)9/h2*3-5H,2H2,1H3;3-6H,2H2,1H3. The molecule has 0 N–H and O–H groups in total. The lowest BCUT2D eigenvalue weighted by Crippen LogP contribution is -1.90. The minimum atomic E-state index is -0.764. The summed E-state index contributed by atoms with van der Waals surface area (Å²) in [6.45, 7) is 5.56. The Morgan fingerprint density at radius 1 is 0.517 bits per heavy atom. The smallest absolute Gasteiger partial charge is 0.161 e. The van der Waals surface area contributed by atoms with Gasteiger partial charge in [0, 0.05) is 6.07 Å². The van der Waals surface area contributed by atoms with E-state index in [2.05, 4.69) is 0 Å². The van der Waals surface area contributed by atoms with E-state index in [9.17, 15) is 22.0 Å². The van der Waals surface area contributed by atoms with Crippen molar-refractivity contribution in [3.05, 3.63) is 106 Å². The molecule has 0 aliphatic heterocycles. The predicted molar refractivity (Wildman–Crippen MR) is 107 cm³/mol. The quantitative estimate of drug-likeness (QED) is 0.395. The Balaban J connectivity index is 0.000000218. The maximum atomic E-state index is 12.6. The molecule has 0 heterocycles. The van der Waals surface area contributed by atoms with E-state index in [4.69, 9.17) is 0 Å². The summed E-state index contributed by atoms with van der Waals surface area (Å²) in [7, 11) is 0. The van der Waals surface area contributed by atoms with Gasteiger partial charge < -0.3 is 0 Å². The van der Waals surface area contributed by atoms with E-state index in [1.165, 1.54) is 24.3 Å². The molecule has 0 unspecified atom stereocenters. The summed E-state index contributed by atoms with van der Waals surface area (Å²) in [6.07, 6.45) is 1.91. The average Bonchev–Trinajstić information content (AvgIpc) is 2.71. The van der Waals surface area contributed by atoms with Gasteiger partial charge in [-0.15, -0.1) is 0 Å². The Morgan fingerprint density at radius 2 is 1.03 bits per heavy atom. The third-order valence-corrected chi connectivity index (χ3v) is 4.15. The molecule has 3 rings (SSSR count). The molecule has 0 saturated carbocycles. The highest BCUT2D eigenvalue weighted by Crippen LogP contribution is 2.11. The molecule has 0 saturated heterocycles. The van der Waals surface area contributed by atoms with Crippen molar-refractivity contribution in [1.82, 2.24) is 0 Å². The van der Waals surface area contributed by atoms with Gasteiger partial charge in [0.05, 0.1) is 0 Å². The van der Waals surface area contributed by atoms with Crippen LogP contribution in [0.25, 0.3) is 0 Å². The first-order chi connectivity index (χ1) is 13.8. The molecule has 0 atom stereocenters. The van der Waals surface area contributed by atoms with Crippen LogP contribution in [0.15, 0.2) is 60.7 Å². The van der Waals surface area contributed by atoms with Crippen LogP contribution in [0, 0.1) is 29.1 Å². The minimum Gasteiger partial charge on any atom is -0.207 e. The van der Waals surface area contributed by atoms with Crippen LogP contribution in [0.2, 0.25) is 0 Å². The van der Waals surface area contributed by atoms with Gasteiger partial charge in [-0.05, 0) is 54.2 Å². The van der Waals surface area contributed by atoms with Gasteiger partial charge in [-0.25, -0.2) is 22.0 Å². The summed E-state index contributed by atoms with van der Waals surface area (Å²) in [5.41, 5.74) is 1.78. The van der Waals surface area contributed by atoms with Crippen molar-refractivity contribution in [2.75, 3.05) is 0 Å². The predicted octanol–water partition coefficient (Wildman–Crippen LogP) is 7.44. The number of aryl methyl sites for hydroxylation is 3. The third kappa shape index (κ3) is 8.06. The van der Waals surface area contributed by atoms with E-state index in [-0.39, 0.29) is 5.82 Å². The first kappa shape index (κ1) is 24.3. The Kier molecular flexibility index (Phi) is 10.7. The van der Waals surface area contributed by atoms with Crippen molar-refractivity contribution in [3.63, 3.8) is 0 Å². The van der Waals surface area contributed by atoms with E-state index < -0.39 is 23.3 Å². The van der Waals surface area contributed by atoms with Crippen molar-refractivity contribution >= 4 is 0 Å². The average molecular weight is 408 g/mol. The van der Waals surface area contributed by atoms with E-state index in [1.54, 1.807) is 25.1 Å². The summed E-state index contributed by atoms with van der Waals surface area (Å²) in [5.74, 6) is -2.55. The third-order valence-electron chi connectivity index (χ3n) is 4.15. The SMILES string of the molecule is CCc1ccc(F)cc1F.CCc1cccc(F)c1F.CCc1ccccc1F. The lowest BCUT2D eigenvalue weighted by Gasteiger charge is -1.97. The molecule has 3 aromatic rings. The summed E-state index contributed by atoms with van der Waals surface area (Å²) >= 11 is 0. The Morgan fingerprint density at radius 3 is 1.52 bits per heavy atom. The normalized spacial score (nSPS) is 9.79. The van der Waals surface area contributed by atoms with Crippen molar-refractivity contribution in [1.29, 1.82) is 0 Å². The van der Waals surface area contributed by atoms with Crippen LogP contribution in [-0.2, 0) is 19.3 Å². The summed E-state index contributed by atoms with van der Waals surface area (Å²) in [5, 5.41) is 0. The number of hydrogen-bond donors (Lipinski definition) is 0. The van der Waals surface area contributed by atoms with Gasteiger partial charge in [0.15, 0.2) is 11.6 Å². The molecule has 0 bridgehead atoms. The van der Waals surface area contributed by atoms with Crippen LogP contribution in [-0.4, -0.2) is 0 Å². The molecule has 0 aromatic heterocycles. The number of benzene rings is 3. The molecule has 0 spiro atoms. The first-order valence-electron chi connectivity index (χ1n) is 9.44. The summed E-state index contributed by atoms with van der Waals surface area (Å²) in [4.78, 5) is 0. The fourth-order valence-electron chi connectivity index (χ4n) is 2.42. The number of halogens is 5. The van der Waals surface area contributed by atoms with E-state index in [0.717, 1.165) is 24.1 Å². The maximum Gasteiger partial charge on any atom is 0.161 e. The fourth-order valence-corrected chi connectivity index (χ4v) is 2.42. The zero-order valence-corrected chi connectivity index (χ0v) is 16.8. The first-order valence-corrected chi connectivity index (χ1v) is 9.44. The Hall–Kier alpha value is -2.69. The zero-order valence-electron chi connectivity index (χ0n) is 16.8. The van der Waals surface area contributed by atoms with Crippen molar-refractivity contribution in [2.24, 2.45) is 0 Å². The highest BCUT2D eigenvalue weighted by Gasteiger charge is 2.03. The van der Waals surface area contributed by atoms with E-state index in [1.807, 2.05) is 19.9 Å². The van der Waals surface area contributed by atoms with Gasteiger partial charge in [-0.1, -0.05) is 57.2 Å². The molecule has 0 aliphatic carbocycles. The lowest BCUT2D eigenvalue weighted by atomic mass is 10.1. The molecular formula is C24H25F5. The molecule has 156 valence electrons. The second-order valence-electron chi connectivity index (χ2n) is 6.10. The lowest BCUT2D eigenvalue weighted by molar-refractivity contribution is 0.500. The van der Waals surface area contributed by atoms with Crippen LogP contribution in [0.5, 0.6) is 0 Å². The minimum absolute atomic E-state index is 0.0972. The van der Waals surface area contributed by atoms with Crippen LogP contribution < -0.4 is 0 Å². The molecule has 29 heavy (non-hydrogen) atoms. The van der Waals surface area contributed by atoms with E-state index >= 15 is 0 Å². The molecule has 5 heteroatoms. The Labute approximate surface area is 169 Å². The zero-order chi connectivity index (χ0) is 21.8. The van der Waals surface area contributed by atoms with Crippen LogP contribution in [0.3, 0.4) is 0 Å². The second kappa shape index (κ2) is 12.7. The van der Waals surface area contributed by atoms with Crippen molar-refractivity contribution in [3.8, 4) is 0 Å². The van der Waals surface area contributed by atoms with Crippen LogP contribution in [0.1, 0.15) is 37.5 Å². The van der Waals surface area contributed by atoms with Gasteiger partial charge in [-0.2, -0.15) is 0 Å². The van der Waals surface area contributed by atoms with Gasteiger partial charge in [0.1, 0.15) is 17.5 Å². The molecule has 3 aromatic carbocycles. The summed E-state index contributed by atoms with van der Waals surface area (Å²) < 4.78 is 62.5. The maximum absolute atomic E-state index is 12.6. The number of rotatable bonds is 3. The van der Waals surface area contributed by atoms with Crippen molar-refractivity contribution in [2.45, 2.75) is 40.0 Å². The molecular weight excluding hydrogens is 383 g/mol. The topological polar surface area (TPSA) is 0 Å². The van der Waals surface area contributed by atoms with Gasteiger partial charge in [-0.3, -0.25) is 0 Å². The summed E-state index contributed by atoms with van der Waals surface area (Å²) in [6, 6.07) is 14.7. The Bertz CT molecular complexity index is 890. The van der Waals surface area contributed by atoms with Crippen LogP contribution in [0.4, 0.5) is 22.0 Å². The van der Waals surface area contributed by atoms with Crippen molar-refractivity contribution < 1.29 is 22.0 Å². The highest BCUT2D eigenvalue weighted by atomic mass is 19.2. The molecule has 0 aliphatic rings. The van der Waals surface area contributed by atoms with Gasteiger partial charge in [0.2, 0.25) is 0 Å². The van der Waals surface area contributed by atoms with Gasteiger partial charge in [0.25, 0.3) is 0 Å². The monoisotopic (exact) mass is 408 g/mol. The molecule has 0 nitrogen and oxygen atoms in total.